The van der Waals surface area contributed by atoms with E-state index in [0.29, 0.717) is 5.16 Å². The van der Waals surface area contributed by atoms with Crippen molar-refractivity contribution < 1.29 is 9.90 Å². The fraction of sp³-hybridized carbons (Fsp3) is 0.231. The molecule has 0 atom stereocenters. The molecule has 2 rings (SSSR count). The van der Waals surface area contributed by atoms with Crippen molar-refractivity contribution in [2.75, 3.05) is 5.75 Å². The van der Waals surface area contributed by atoms with Gasteiger partial charge in [0.2, 0.25) is 0 Å². The maximum atomic E-state index is 10.7. The average molecular weight is 420 g/mol. The Labute approximate surface area is 137 Å². The molecule has 1 aromatic carbocycles. The summed E-state index contributed by atoms with van der Waals surface area (Å²) in [5, 5.41) is 9.47. The molecule has 106 valence electrons. The first-order valence-corrected chi connectivity index (χ1v) is 8.32. The van der Waals surface area contributed by atoms with Crippen LogP contribution in [-0.2, 0) is 4.79 Å². The summed E-state index contributed by atoms with van der Waals surface area (Å²) in [7, 11) is 0. The van der Waals surface area contributed by atoms with Gasteiger partial charge in [0.05, 0.1) is 17.1 Å². The molecule has 1 aromatic heterocycles. The number of carbonyl (C=O) groups is 1. The molecule has 20 heavy (non-hydrogen) atoms. The normalized spacial score (nSPS) is 10.8. The lowest BCUT2D eigenvalue weighted by Crippen LogP contribution is -2.02. The largest absolute Gasteiger partial charge is 0.481 e. The molecular weight excluding hydrogens is 408 g/mol. The molecule has 0 unspecified atom stereocenters. The molecule has 0 aliphatic rings. The summed E-state index contributed by atoms with van der Waals surface area (Å²) in [4.78, 5) is 15.1. The van der Waals surface area contributed by atoms with Crippen LogP contribution in [0.4, 0.5) is 0 Å². The van der Waals surface area contributed by atoms with E-state index in [1.54, 1.807) is 0 Å². The van der Waals surface area contributed by atoms with Crippen molar-refractivity contribution in [3.8, 4) is 5.69 Å². The number of hydrogen-bond acceptors (Lipinski definition) is 3. The van der Waals surface area contributed by atoms with Gasteiger partial charge in [-0.05, 0) is 63.4 Å². The van der Waals surface area contributed by atoms with Crippen LogP contribution in [0.5, 0.6) is 0 Å². The predicted octanol–water partition coefficient (Wildman–Crippen LogP) is 4.19. The molecule has 0 aliphatic heterocycles. The predicted molar refractivity (Wildman–Crippen MR) is 86.8 cm³/mol. The molecular formula is C13H12Br2N2O2S. The Kier molecular flexibility index (Phi) is 4.93. The van der Waals surface area contributed by atoms with Crippen molar-refractivity contribution in [2.45, 2.75) is 19.0 Å². The van der Waals surface area contributed by atoms with Crippen LogP contribution in [0.15, 0.2) is 32.4 Å². The molecule has 0 saturated carbocycles. The quantitative estimate of drug-likeness (QED) is 0.754. The molecule has 4 nitrogen and oxygen atoms in total. The van der Waals surface area contributed by atoms with Crippen LogP contribution in [0.3, 0.4) is 0 Å². The highest BCUT2D eigenvalue weighted by Crippen LogP contribution is 2.33. The number of aliphatic carboxylic acids is 1. The Morgan fingerprint density at radius 1 is 1.35 bits per heavy atom. The summed E-state index contributed by atoms with van der Waals surface area (Å²) in [6.45, 7) is 3.90. The minimum atomic E-state index is -0.857. The van der Waals surface area contributed by atoms with Gasteiger partial charge in [-0.3, -0.25) is 9.36 Å². The van der Waals surface area contributed by atoms with Crippen molar-refractivity contribution in [3.05, 3.63) is 38.5 Å². The molecule has 0 saturated heterocycles. The second kappa shape index (κ2) is 6.32. The van der Waals surface area contributed by atoms with Crippen LogP contribution in [0, 0.1) is 13.8 Å². The Bertz CT molecular complexity index is 647. The first-order chi connectivity index (χ1) is 9.38. The lowest BCUT2D eigenvalue weighted by atomic mass is 10.2. The van der Waals surface area contributed by atoms with Gasteiger partial charge in [0, 0.05) is 15.1 Å². The van der Waals surface area contributed by atoms with E-state index in [1.165, 1.54) is 11.8 Å². The zero-order valence-electron chi connectivity index (χ0n) is 10.9. The summed E-state index contributed by atoms with van der Waals surface area (Å²) in [5.74, 6) is -0.874. The van der Waals surface area contributed by atoms with Crippen molar-refractivity contribution in [1.82, 2.24) is 9.55 Å². The molecule has 0 fully saturated rings. The monoisotopic (exact) mass is 418 g/mol. The van der Waals surface area contributed by atoms with Gasteiger partial charge in [-0.25, -0.2) is 4.98 Å². The van der Waals surface area contributed by atoms with Gasteiger partial charge in [0.25, 0.3) is 0 Å². The minimum absolute atomic E-state index is 0.0163. The summed E-state index contributed by atoms with van der Waals surface area (Å²) in [5.41, 5.74) is 2.89. The first kappa shape index (κ1) is 15.6. The van der Waals surface area contributed by atoms with Gasteiger partial charge in [-0.15, -0.1) is 0 Å². The molecule has 0 spiro atoms. The summed E-state index contributed by atoms with van der Waals surface area (Å²) in [6, 6.07) is 4.03. The molecule has 0 radical (unpaired) electrons. The van der Waals surface area contributed by atoms with Gasteiger partial charge in [0.1, 0.15) is 0 Å². The summed E-state index contributed by atoms with van der Waals surface area (Å²) < 4.78 is 3.76. The molecule has 0 amide bonds. The summed E-state index contributed by atoms with van der Waals surface area (Å²) in [6.07, 6.45) is 1.89. The zero-order valence-corrected chi connectivity index (χ0v) is 14.8. The number of benzene rings is 1. The van der Waals surface area contributed by atoms with Crippen LogP contribution in [0.1, 0.15) is 11.3 Å². The van der Waals surface area contributed by atoms with Gasteiger partial charge in [0.15, 0.2) is 5.16 Å². The Balaban J connectivity index is 2.50. The maximum Gasteiger partial charge on any atom is 0.313 e. The van der Waals surface area contributed by atoms with Crippen molar-refractivity contribution >= 4 is 49.6 Å². The van der Waals surface area contributed by atoms with Crippen molar-refractivity contribution in [1.29, 1.82) is 0 Å². The second-order valence-electron chi connectivity index (χ2n) is 4.29. The highest BCUT2D eigenvalue weighted by atomic mass is 79.9. The summed E-state index contributed by atoms with van der Waals surface area (Å²) >= 11 is 8.31. The van der Waals surface area contributed by atoms with E-state index in [4.69, 9.17) is 5.11 Å². The molecule has 0 bridgehead atoms. The van der Waals surface area contributed by atoms with Gasteiger partial charge in [-0.1, -0.05) is 11.8 Å². The number of hydrogen-bond donors (Lipinski definition) is 1. The van der Waals surface area contributed by atoms with Crippen LogP contribution < -0.4 is 0 Å². The minimum Gasteiger partial charge on any atom is -0.481 e. The third-order valence-electron chi connectivity index (χ3n) is 2.52. The molecule has 1 heterocycles. The zero-order chi connectivity index (χ0) is 14.9. The van der Waals surface area contributed by atoms with E-state index >= 15 is 0 Å². The van der Waals surface area contributed by atoms with Crippen molar-refractivity contribution in [3.63, 3.8) is 0 Å². The van der Waals surface area contributed by atoms with E-state index in [1.807, 2.05) is 36.7 Å². The Morgan fingerprint density at radius 2 is 1.95 bits per heavy atom. The topological polar surface area (TPSA) is 55.1 Å². The molecule has 7 heteroatoms. The smallest absolute Gasteiger partial charge is 0.313 e. The Hall–Kier alpha value is -0.790. The number of carboxylic acid groups (broad SMARTS) is 1. The average Bonchev–Trinajstić information content (AvgIpc) is 2.66. The van der Waals surface area contributed by atoms with Crippen molar-refractivity contribution in [2.24, 2.45) is 0 Å². The third kappa shape index (κ3) is 3.45. The standard InChI is InChI=1S/C13H12Br2N2O2S/c1-7-3-9(14)12(10(15)4-7)17-5-8(2)16-13(17)20-6-11(18)19/h3-5H,6H2,1-2H3,(H,18,19). The van der Waals surface area contributed by atoms with Crippen LogP contribution >= 0.6 is 43.6 Å². The number of rotatable bonds is 4. The molecule has 1 N–H and O–H groups in total. The van der Waals surface area contributed by atoms with E-state index in [2.05, 4.69) is 36.8 Å². The third-order valence-corrected chi connectivity index (χ3v) is 4.67. The number of halogens is 2. The number of thioether (sulfide) groups is 1. The van der Waals surface area contributed by atoms with E-state index in [9.17, 15) is 4.79 Å². The molecule has 2 aromatic rings. The van der Waals surface area contributed by atoms with Gasteiger partial charge >= 0.3 is 5.97 Å². The van der Waals surface area contributed by atoms with Crippen LogP contribution in [-0.4, -0.2) is 26.4 Å². The molecule has 0 aliphatic carbocycles. The number of nitrogens with zero attached hydrogens (tertiary/aromatic N) is 2. The van der Waals surface area contributed by atoms with Crippen LogP contribution in [0.2, 0.25) is 0 Å². The number of aromatic nitrogens is 2. The van der Waals surface area contributed by atoms with Crippen LogP contribution in [0.25, 0.3) is 5.69 Å². The Morgan fingerprint density at radius 3 is 2.50 bits per heavy atom. The van der Waals surface area contributed by atoms with E-state index < -0.39 is 5.97 Å². The highest BCUT2D eigenvalue weighted by molar-refractivity contribution is 9.11. The first-order valence-electron chi connectivity index (χ1n) is 5.75. The number of aryl methyl sites for hydroxylation is 2. The lowest BCUT2D eigenvalue weighted by molar-refractivity contribution is -0.133. The highest BCUT2D eigenvalue weighted by Gasteiger charge is 2.15. The SMILES string of the molecule is Cc1cc(Br)c(-n2cc(C)nc2SCC(=O)O)c(Br)c1. The van der Waals surface area contributed by atoms with E-state index in [0.717, 1.165) is 25.9 Å². The maximum absolute atomic E-state index is 10.7. The second-order valence-corrected chi connectivity index (χ2v) is 6.95. The lowest BCUT2D eigenvalue weighted by Gasteiger charge is -2.12. The number of imidazole rings is 1. The fourth-order valence-corrected chi connectivity index (χ4v) is 4.33. The van der Waals surface area contributed by atoms with Gasteiger partial charge < -0.3 is 5.11 Å². The fourth-order valence-electron chi connectivity index (χ4n) is 1.79. The number of carboxylic acids is 1. The van der Waals surface area contributed by atoms with Gasteiger partial charge in [-0.2, -0.15) is 0 Å². The van der Waals surface area contributed by atoms with E-state index in [-0.39, 0.29) is 5.75 Å².